The Morgan fingerprint density at radius 3 is 3.06 bits per heavy atom. The summed E-state index contributed by atoms with van der Waals surface area (Å²) in [5.41, 5.74) is 6.38. The molecule has 2 aromatic heterocycles. The second-order valence-corrected chi connectivity index (χ2v) is 5.14. The molecule has 6 nitrogen and oxygen atoms in total. The summed E-state index contributed by atoms with van der Waals surface area (Å²) in [4.78, 5) is 5.67. The molecule has 0 saturated carbocycles. The lowest BCUT2D eigenvalue weighted by molar-refractivity contribution is 0.598. The molecule has 7 heteroatoms. The van der Waals surface area contributed by atoms with Crippen LogP contribution in [-0.4, -0.2) is 26.5 Å². The fourth-order valence-electron chi connectivity index (χ4n) is 1.55. The molecule has 0 atom stereocenters. The van der Waals surface area contributed by atoms with Crippen molar-refractivity contribution in [1.29, 1.82) is 0 Å². The molecule has 0 fully saturated rings. The van der Waals surface area contributed by atoms with Crippen LogP contribution in [0.5, 0.6) is 0 Å². The van der Waals surface area contributed by atoms with Gasteiger partial charge in [0.05, 0.1) is 12.2 Å². The minimum absolute atomic E-state index is 0.579. The molecule has 2 aromatic rings. The van der Waals surface area contributed by atoms with Crippen molar-refractivity contribution >= 4 is 11.3 Å². The molecule has 0 spiro atoms. The van der Waals surface area contributed by atoms with Gasteiger partial charge in [0.25, 0.3) is 0 Å². The molecule has 0 radical (unpaired) electrons. The van der Waals surface area contributed by atoms with E-state index in [2.05, 4.69) is 27.5 Å². The molecule has 0 aliphatic heterocycles. The number of nitrogens with two attached hydrogens (primary N) is 1. The van der Waals surface area contributed by atoms with E-state index in [1.54, 1.807) is 16.0 Å². The van der Waals surface area contributed by atoms with Crippen LogP contribution in [-0.2, 0) is 26.1 Å². The van der Waals surface area contributed by atoms with Crippen LogP contribution in [0.2, 0.25) is 0 Å². The predicted molar refractivity (Wildman–Crippen MR) is 71.1 cm³/mol. The summed E-state index contributed by atoms with van der Waals surface area (Å²) in [7, 11) is 0. The molecule has 0 amide bonds. The first kappa shape index (κ1) is 13.1. The van der Waals surface area contributed by atoms with Crippen LogP contribution in [0, 0.1) is 0 Å². The number of nitrogens with zero attached hydrogens (tertiary/aromatic N) is 4. The second-order valence-electron chi connectivity index (χ2n) is 3.94. The molecule has 0 aromatic carbocycles. The third-order valence-electron chi connectivity index (χ3n) is 2.48. The molecule has 0 aliphatic carbocycles. The smallest absolute Gasteiger partial charge is 0.107 e. The van der Waals surface area contributed by atoms with Gasteiger partial charge in [-0.25, -0.2) is 4.98 Å². The number of hydrogen-bond donors (Lipinski definition) is 2. The van der Waals surface area contributed by atoms with Crippen LogP contribution in [0.3, 0.4) is 0 Å². The molecule has 0 bridgehead atoms. The van der Waals surface area contributed by atoms with E-state index < -0.39 is 0 Å². The number of hydrogen-bond acceptors (Lipinski definition) is 6. The fourth-order valence-corrected chi connectivity index (χ4v) is 2.38. The molecule has 0 aliphatic rings. The summed E-state index contributed by atoms with van der Waals surface area (Å²) in [5.74, 6) is 0. The normalized spacial score (nSPS) is 11.0. The number of thiazole rings is 1. The Kier molecular flexibility index (Phi) is 4.80. The first-order valence-electron chi connectivity index (χ1n) is 6.05. The third-order valence-corrected chi connectivity index (χ3v) is 3.62. The van der Waals surface area contributed by atoms with Crippen molar-refractivity contribution in [3.63, 3.8) is 0 Å². The zero-order chi connectivity index (χ0) is 12.8. The zero-order valence-electron chi connectivity index (χ0n) is 10.5. The Labute approximate surface area is 110 Å². The van der Waals surface area contributed by atoms with Crippen LogP contribution in [0.4, 0.5) is 0 Å². The van der Waals surface area contributed by atoms with Gasteiger partial charge < -0.3 is 11.1 Å². The van der Waals surface area contributed by atoms with Crippen LogP contribution >= 0.6 is 11.3 Å². The topological polar surface area (TPSA) is 81.7 Å². The first-order chi connectivity index (χ1) is 8.81. The van der Waals surface area contributed by atoms with Crippen molar-refractivity contribution in [2.75, 3.05) is 6.54 Å². The van der Waals surface area contributed by atoms with Gasteiger partial charge in [-0.15, -0.1) is 16.4 Å². The Morgan fingerprint density at radius 1 is 1.44 bits per heavy atom. The maximum atomic E-state index is 5.45. The largest absolute Gasteiger partial charge is 0.329 e. The minimum atomic E-state index is 0.579. The molecule has 0 unspecified atom stereocenters. The van der Waals surface area contributed by atoms with Crippen molar-refractivity contribution in [3.05, 3.63) is 28.0 Å². The summed E-state index contributed by atoms with van der Waals surface area (Å²) in [6, 6.07) is 0. The van der Waals surface area contributed by atoms with Crippen molar-refractivity contribution in [1.82, 2.24) is 25.3 Å². The van der Waals surface area contributed by atoms with Crippen LogP contribution in [0.15, 0.2) is 12.4 Å². The van der Waals surface area contributed by atoms with Crippen molar-refractivity contribution in [2.45, 2.75) is 33.0 Å². The number of nitrogens with one attached hydrogen (secondary N) is 1. The van der Waals surface area contributed by atoms with Crippen LogP contribution < -0.4 is 11.1 Å². The second kappa shape index (κ2) is 6.58. The summed E-state index contributed by atoms with van der Waals surface area (Å²) >= 11 is 1.75. The highest BCUT2D eigenvalue weighted by atomic mass is 32.1. The van der Waals surface area contributed by atoms with Gasteiger partial charge in [0.15, 0.2) is 0 Å². The summed E-state index contributed by atoms with van der Waals surface area (Å²) in [5, 5.41) is 12.5. The maximum Gasteiger partial charge on any atom is 0.107 e. The number of rotatable bonds is 7. The Bertz CT molecular complexity index is 477. The Hall–Kier alpha value is -1.31. The van der Waals surface area contributed by atoms with E-state index in [0.29, 0.717) is 19.6 Å². The highest BCUT2D eigenvalue weighted by molar-refractivity contribution is 7.11. The first-order valence-corrected chi connectivity index (χ1v) is 6.87. The highest BCUT2D eigenvalue weighted by Gasteiger charge is 2.02. The molecule has 0 saturated heterocycles. The van der Waals surface area contributed by atoms with E-state index >= 15 is 0 Å². The third kappa shape index (κ3) is 3.59. The molecular weight excluding hydrogens is 248 g/mol. The quantitative estimate of drug-likeness (QED) is 0.764. The standard InChI is InChI=1S/C11H18N6S/c1-2-10-6-14-11(18-10)7-13-5-9-8-17(4-3-12)16-15-9/h6,8,13H,2-5,7,12H2,1H3. The summed E-state index contributed by atoms with van der Waals surface area (Å²) in [6.45, 7) is 4.90. The minimum Gasteiger partial charge on any atom is -0.329 e. The van der Waals surface area contributed by atoms with Crippen molar-refractivity contribution in [3.8, 4) is 0 Å². The molecule has 2 heterocycles. The van der Waals surface area contributed by atoms with Gasteiger partial charge in [-0.3, -0.25) is 4.68 Å². The van der Waals surface area contributed by atoms with Gasteiger partial charge >= 0.3 is 0 Å². The van der Waals surface area contributed by atoms with E-state index in [0.717, 1.165) is 23.7 Å². The Morgan fingerprint density at radius 2 is 2.33 bits per heavy atom. The molecule has 98 valence electrons. The average molecular weight is 266 g/mol. The maximum absolute atomic E-state index is 5.45. The fraction of sp³-hybridized carbons (Fsp3) is 0.545. The van der Waals surface area contributed by atoms with Crippen LogP contribution in [0.25, 0.3) is 0 Å². The lowest BCUT2D eigenvalue weighted by Crippen LogP contribution is -2.13. The SMILES string of the molecule is CCc1cnc(CNCc2cn(CCN)nn2)s1. The van der Waals surface area contributed by atoms with Gasteiger partial charge in [-0.1, -0.05) is 12.1 Å². The highest BCUT2D eigenvalue weighted by Crippen LogP contribution is 2.12. The van der Waals surface area contributed by atoms with Crippen LogP contribution in [0.1, 0.15) is 22.5 Å². The Balaban J connectivity index is 1.77. The number of aromatic nitrogens is 4. The van der Waals surface area contributed by atoms with Crippen molar-refractivity contribution < 1.29 is 0 Å². The van der Waals surface area contributed by atoms with E-state index in [9.17, 15) is 0 Å². The lowest BCUT2D eigenvalue weighted by Gasteiger charge is -1.98. The van der Waals surface area contributed by atoms with Gasteiger partial charge in [0, 0.05) is 36.9 Å². The monoisotopic (exact) mass is 266 g/mol. The summed E-state index contributed by atoms with van der Waals surface area (Å²) in [6.07, 6.45) is 4.91. The zero-order valence-corrected chi connectivity index (χ0v) is 11.3. The van der Waals surface area contributed by atoms with E-state index in [1.807, 2.05) is 12.4 Å². The molecule has 2 rings (SSSR count). The van der Waals surface area contributed by atoms with Gasteiger partial charge in [-0.05, 0) is 6.42 Å². The molecule has 3 N–H and O–H groups in total. The van der Waals surface area contributed by atoms with E-state index in [1.165, 1.54) is 4.88 Å². The lowest BCUT2D eigenvalue weighted by atomic mass is 10.4. The van der Waals surface area contributed by atoms with E-state index in [-0.39, 0.29) is 0 Å². The summed E-state index contributed by atoms with van der Waals surface area (Å²) < 4.78 is 1.76. The molecule has 18 heavy (non-hydrogen) atoms. The molecular formula is C11H18N6S. The van der Waals surface area contributed by atoms with E-state index in [4.69, 9.17) is 5.73 Å². The van der Waals surface area contributed by atoms with Gasteiger partial charge in [-0.2, -0.15) is 0 Å². The van der Waals surface area contributed by atoms with Gasteiger partial charge in [0.1, 0.15) is 5.01 Å². The van der Waals surface area contributed by atoms with Crippen molar-refractivity contribution in [2.24, 2.45) is 5.73 Å². The predicted octanol–water partition coefficient (Wildman–Crippen LogP) is 0.545. The van der Waals surface area contributed by atoms with Gasteiger partial charge in [0.2, 0.25) is 0 Å². The average Bonchev–Trinajstić information content (AvgIpc) is 2.99. The number of aryl methyl sites for hydroxylation is 1.